The molecular weight excluding hydrogens is 264 g/mol. The molecule has 6 heteroatoms. The Morgan fingerprint density at radius 3 is 2.90 bits per heavy atom. The Balaban J connectivity index is 2.13. The SMILES string of the molecule is Cc1ccc(F)c(-c2nnc3n2CC(CO)CC3)c1F. The lowest BCUT2D eigenvalue weighted by molar-refractivity contribution is 0.191. The van der Waals surface area contributed by atoms with Gasteiger partial charge in [0.2, 0.25) is 0 Å². The average Bonchev–Trinajstić information content (AvgIpc) is 2.86. The van der Waals surface area contributed by atoms with Crippen molar-refractivity contribution >= 4 is 0 Å². The van der Waals surface area contributed by atoms with Crippen LogP contribution in [0.4, 0.5) is 8.78 Å². The second kappa shape index (κ2) is 4.94. The van der Waals surface area contributed by atoms with Gasteiger partial charge in [-0.05, 0) is 25.0 Å². The van der Waals surface area contributed by atoms with Crippen molar-refractivity contribution in [3.63, 3.8) is 0 Å². The van der Waals surface area contributed by atoms with E-state index in [1.807, 2.05) is 0 Å². The third-order valence-electron chi connectivity index (χ3n) is 3.81. The maximum Gasteiger partial charge on any atom is 0.169 e. The molecule has 106 valence electrons. The summed E-state index contributed by atoms with van der Waals surface area (Å²) in [6.45, 7) is 2.12. The van der Waals surface area contributed by atoms with Gasteiger partial charge in [-0.25, -0.2) is 8.78 Å². The highest BCUT2D eigenvalue weighted by molar-refractivity contribution is 5.59. The molecule has 0 saturated heterocycles. The number of aryl methyl sites for hydroxylation is 2. The van der Waals surface area contributed by atoms with E-state index in [-0.39, 0.29) is 23.9 Å². The smallest absolute Gasteiger partial charge is 0.169 e. The number of aromatic nitrogens is 3. The first kappa shape index (κ1) is 13.2. The van der Waals surface area contributed by atoms with E-state index in [0.717, 1.165) is 6.42 Å². The van der Waals surface area contributed by atoms with Crippen LogP contribution >= 0.6 is 0 Å². The molecule has 0 bridgehead atoms. The fraction of sp³-hybridized carbons (Fsp3) is 0.429. The van der Waals surface area contributed by atoms with Gasteiger partial charge in [-0.3, -0.25) is 0 Å². The van der Waals surface area contributed by atoms with E-state index in [9.17, 15) is 13.9 Å². The van der Waals surface area contributed by atoms with Crippen molar-refractivity contribution in [2.24, 2.45) is 5.92 Å². The van der Waals surface area contributed by atoms with E-state index < -0.39 is 11.6 Å². The number of benzene rings is 1. The van der Waals surface area contributed by atoms with Gasteiger partial charge in [-0.15, -0.1) is 10.2 Å². The molecular formula is C14H15F2N3O. The van der Waals surface area contributed by atoms with Crippen LogP contribution < -0.4 is 0 Å². The summed E-state index contributed by atoms with van der Waals surface area (Å²) in [6, 6.07) is 2.64. The Bertz CT molecular complexity index is 654. The minimum atomic E-state index is -0.644. The number of aliphatic hydroxyl groups is 1. The summed E-state index contributed by atoms with van der Waals surface area (Å²) in [5.74, 6) is -0.254. The van der Waals surface area contributed by atoms with Gasteiger partial charge in [-0.2, -0.15) is 0 Å². The largest absolute Gasteiger partial charge is 0.396 e. The van der Waals surface area contributed by atoms with Crippen LogP contribution in [0.15, 0.2) is 12.1 Å². The van der Waals surface area contributed by atoms with Crippen molar-refractivity contribution in [2.75, 3.05) is 6.61 Å². The highest BCUT2D eigenvalue weighted by Gasteiger charge is 2.26. The monoisotopic (exact) mass is 279 g/mol. The van der Waals surface area contributed by atoms with Gasteiger partial charge in [0, 0.05) is 25.5 Å². The number of rotatable bonds is 2. The molecule has 3 rings (SSSR count). The first-order valence-corrected chi connectivity index (χ1v) is 6.59. The Labute approximate surface area is 115 Å². The van der Waals surface area contributed by atoms with Crippen LogP contribution in [0.1, 0.15) is 17.8 Å². The van der Waals surface area contributed by atoms with Gasteiger partial charge in [0.25, 0.3) is 0 Å². The molecule has 1 unspecified atom stereocenters. The second-order valence-electron chi connectivity index (χ2n) is 5.19. The molecule has 0 radical (unpaired) electrons. The van der Waals surface area contributed by atoms with Crippen molar-refractivity contribution in [1.29, 1.82) is 0 Å². The van der Waals surface area contributed by atoms with Crippen molar-refractivity contribution in [1.82, 2.24) is 14.8 Å². The van der Waals surface area contributed by atoms with Gasteiger partial charge in [0.15, 0.2) is 5.82 Å². The third kappa shape index (κ3) is 2.00. The van der Waals surface area contributed by atoms with Crippen molar-refractivity contribution in [3.05, 3.63) is 35.2 Å². The summed E-state index contributed by atoms with van der Waals surface area (Å²) in [5.41, 5.74) is 0.232. The van der Waals surface area contributed by atoms with Gasteiger partial charge in [0.1, 0.15) is 17.5 Å². The van der Waals surface area contributed by atoms with Crippen molar-refractivity contribution in [3.8, 4) is 11.4 Å². The Morgan fingerprint density at radius 1 is 1.35 bits per heavy atom. The van der Waals surface area contributed by atoms with E-state index in [0.29, 0.717) is 24.4 Å². The summed E-state index contributed by atoms with van der Waals surface area (Å²) in [7, 11) is 0. The quantitative estimate of drug-likeness (QED) is 0.915. The van der Waals surface area contributed by atoms with E-state index in [1.54, 1.807) is 11.5 Å². The molecule has 1 aromatic carbocycles. The standard InChI is InChI=1S/C14H15F2N3O/c1-8-2-4-10(15)12(13(8)16)14-18-17-11-5-3-9(7-20)6-19(11)14/h2,4,9,20H,3,5-7H2,1H3. The fourth-order valence-corrected chi connectivity index (χ4v) is 2.59. The number of halogens is 2. The van der Waals surface area contributed by atoms with Crippen LogP contribution in [0.3, 0.4) is 0 Å². The Kier molecular flexibility index (Phi) is 3.25. The minimum Gasteiger partial charge on any atom is -0.396 e. The molecule has 1 aliphatic heterocycles. The molecule has 0 spiro atoms. The molecule has 0 fully saturated rings. The lowest BCUT2D eigenvalue weighted by atomic mass is 10.00. The van der Waals surface area contributed by atoms with Crippen LogP contribution in [-0.2, 0) is 13.0 Å². The van der Waals surface area contributed by atoms with Gasteiger partial charge >= 0.3 is 0 Å². The Morgan fingerprint density at radius 2 is 2.15 bits per heavy atom. The highest BCUT2D eigenvalue weighted by atomic mass is 19.1. The summed E-state index contributed by atoms with van der Waals surface area (Å²) in [4.78, 5) is 0. The topological polar surface area (TPSA) is 50.9 Å². The molecule has 2 aromatic rings. The number of hydrogen-bond acceptors (Lipinski definition) is 3. The average molecular weight is 279 g/mol. The molecule has 20 heavy (non-hydrogen) atoms. The summed E-state index contributed by atoms with van der Waals surface area (Å²) in [5, 5.41) is 17.2. The van der Waals surface area contributed by atoms with Gasteiger partial charge in [-0.1, -0.05) is 6.07 Å². The molecule has 1 N–H and O–H groups in total. The molecule has 1 atom stereocenters. The zero-order valence-corrected chi connectivity index (χ0v) is 11.1. The number of fused-ring (bicyclic) bond motifs is 1. The van der Waals surface area contributed by atoms with Crippen LogP contribution in [-0.4, -0.2) is 26.5 Å². The normalized spacial score (nSPS) is 18.1. The number of hydrogen-bond donors (Lipinski definition) is 1. The molecule has 0 saturated carbocycles. The van der Waals surface area contributed by atoms with Crippen LogP contribution in [0.5, 0.6) is 0 Å². The van der Waals surface area contributed by atoms with Crippen molar-refractivity contribution in [2.45, 2.75) is 26.3 Å². The maximum atomic E-state index is 14.2. The Hall–Kier alpha value is -1.82. The molecule has 1 aromatic heterocycles. The second-order valence-corrected chi connectivity index (χ2v) is 5.19. The van der Waals surface area contributed by atoms with Gasteiger partial charge < -0.3 is 9.67 Å². The van der Waals surface area contributed by atoms with Crippen molar-refractivity contribution < 1.29 is 13.9 Å². The lowest BCUT2D eigenvalue weighted by Gasteiger charge is -2.22. The van der Waals surface area contributed by atoms with Crippen LogP contribution in [0.2, 0.25) is 0 Å². The molecule has 1 aliphatic rings. The molecule has 0 aliphatic carbocycles. The summed E-state index contributed by atoms with van der Waals surface area (Å²) in [6.07, 6.45) is 1.47. The highest BCUT2D eigenvalue weighted by Crippen LogP contribution is 2.30. The summed E-state index contributed by atoms with van der Waals surface area (Å²) < 4.78 is 29.9. The van der Waals surface area contributed by atoms with E-state index >= 15 is 0 Å². The predicted molar refractivity (Wildman–Crippen MR) is 69.0 cm³/mol. The number of aliphatic hydroxyl groups excluding tert-OH is 1. The molecule has 2 heterocycles. The van der Waals surface area contributed by atoms with E-state index in [1.165, 1.54) is 12.1 Å². The van der Waals surface area contributed by atoms with E-state index in [2.05, 4.69) is 10.2 Å². The van der Waals surface area contributed by atoms with Gasteiger partial charge in [0.05, 0.1) is 5.56 Å². The molecule has 4 nitrogen and oxygen atoms in total. The fourth-order valence-electron chi connectivity index (χ4n) is 2.59. The first-order valence-electron chi connectivity index (χ1n) is 6.59. The summed E-state index contributed by atoms with van der Waals surface area (Å²) >= 11 is 0. The molecule has 0 amide bonds. The lowest BCUT2D eigenvalue weighted by Crippen LogP contribution is -2.23. The van der Waals surface area contributed by atoms with Crippen LogP contribution in [0.25, 0.3) is 11.4 Å². The third-order valence-corrected chi connectivity index (χ3v) is 3.81. The minimum absolute atomic E-state index is 0.0514. The van der Waals surface area contributed by atoms with E-state index in [4.69, 9.17) is 0 Å². The zero-order chi connectivity index (χ0) is 14.3. The number of nitrogens with zero attached hydrogens (tertiary/aromatic N) is 3. The predicted octanol–water partition coefficient (Wildman–Crippen LogP) is 2.09. The zero-order valence-electron chi connectivity index (χ0n) is 11.1. The maximum absolute atomic E-state index is 14.2. The first-order chi connectivity index (χ1) is 9.61. The van der Waals surface area contributed by atoms with Crippen LogP contribution in [0, 0.1) is 24.5 Å².